The van der Waals surface area contributed by atoms with Gasteiger partial charge in [0.15, 0.2) is 0 Å². The third kappa shape index (κ3) is 4.10. The predicted octanol–water partition coefficient (Wildman–Crippen LogP) is 11.7. The zero-order valence-corrected chi connectivity index (χ0v) is 24.4. The van der Waals surface area contributed by atoms with Crippen molar-refractivity contribution in [3.63, 3.8) is 0 Å². The Hall–Kier alpha value is -5.34. The van der Waals surface area contributed by atoms with Gasteiger partial charge in [-0.3, -0.25) is 0 Å². The Kier molecular flexibility index (Phi) is 5.80. The molecular formula is C42H31NO. The number of furan rings is 1. The van der Waals surface area contributed by atoms with Crippen LogP contribution >= 0.6 is 0 Å². The van der Waals surface area contributed by atoms with Crippen LogP contribution in [-0.2, 0) is 0 Å². The van der Waals surface area contributed by atoms with Crippen LogP contribution in [0.4, 0.5) is 0 Å². The second-order valence-electron chi connectivity index (χ2n) is 12.0. The van der Waals surface area contributed by atoms with Gasteiger partial charge >= 0.3 is 0 Å². The second-order valence-corrected chi connectivity index (χ2v) is 12.0. The highest BCUT2D eigenvalue weighted by atomic mass is 16.3. The van der Waals surface area contributed by atoms with Gasteiger partial charge < -0.3 is 8.98 Å². The van der Waals surface area contributed by atoms with Crippen molar-refractivity contribution >= 4 is 49.3 Å². The number of fused-ring (bicyclic) bond motifs is 6. The van der Waals surface area contributed by atoms with Crippen molar-refractivity contribution in [2.24, 2.45) is 0 Å². The maximum atomic E-state index is 6.11. The van der Waals surface area contributed by atoms with E-state index in [9.17, 15) is 0 Å². The first-order valence-corrected chi connectivity index (χ1v) is 15.6. The average Bonchev–Trinajstić information content (AvgIpc) is 3.64. The van der Waals surface area contributed by atoms with Gasteiger partial charge in [0.05, 0.1) is 11.0 Å². The molecule has 1 unspecified atom stereocenters. The minimum Gasteiger partial charge on any atom is -0.456 e. The molecular weight excluding hydrogens is 534 g/mol. The fraction of sp³-hybridized carbons (Fsp3) is 0.0952. The smallest absolute Gasteiger partial charge is 0.135 e. The number of hydrogen-bond acceptors (Lipinski definition) is 1. The molecule has 2 aromatic heterocycles. The highest BCUT2D eigenvalue weighted by Gasteiger charge is 2.18. The molecule has 2 heteroatoms. The van der Waals surface area contributed by atoms with E-state index in [0.29, 0.717) is 5.92 Å². The van der Waals surface area contributed by atoms with E-state index in [2.05, 4.69) is 138 Å². The molecule has 0 bridgehead atoms. The van der Waals surface area contributed by atoms with Gasteiger partial charge in [0.2, 0.25) is 0 Å². The lowest BCUT2D eigenvalue weighted by Gasteiger charge is -2.19. The molecule has 2 aliphatic rings. The lowest BCUT2D eigenvalue weighted by Crippen LogP contribution is -2.02. The van der Waals surface area contributed by atoms with Crippen LogP contribution in [0.2, 0.25) is 0 Å². The van der Waals surface area contributed by atoms with E-state index < -0.39 is 0 Å². The highest BCUT2D eigenvalue weighted by Crippen LogP contribution is 2.39. The van der Waals surface area contributed by atoms with E-state index in [-0.39, 0.29) is 0 Å². The van der Waals surface area contributed by atoms with Gasteiger partial charge in [-0.15, -0.1) is 0 Å². The fourth-order valence-electron chi connectivity index (χ4n) is 7.14. The van der Waals surface area contributed by atoms with Crippen molar-refractivity contribution in [1.29, 1.82) is 0 Å². The van der Waals surface area contributed by atoms with Gasteiger partial charge in [0, 0.05) is 33.2 Å². The summed E-state index contributed by atoms with van der Waals surface area (Å²) < 4.78 is 8.57. The lowest BCUT2D eigenvalue weighted by atomic mass is 9.89. The zero-order valence-electron chi connectivity index (χ0n) is 24.4. The van der Waals surface area contributed by atoms with Crippen LogP contribution in [0, 0.1) is 0 Å². The van der Waals surface area contributed by atoms with Gasteiger partial charge in [0.25, 0.3) is 0 Å². The monoisotopic (exact) mass is 565 g/mol. The molecule has 44 heavy (non-hydrogen) atoms. The number of hydrogen-bond donors (Lipinski definition) is 0. The Labute approximate surface area is 256 Å². The van der Waals surface area contributed by atoms with E-state index in [0.717, 1.165) is 41.2 Å². The van der Waals surface area contributed by atoms with Gasteiger partial charge in [-0.05, 0) is 95.6 Å². The second kappa shape index (κ2) is 10.1. The summed E-state index contributed by atoms with van der Waals surface area (Å²) in [5.41, 5.74) is 11.9. The Morgan fingerprint density at radius 1 is 0.591 bits per heavy atom. The molecule has 0 saturated carbocycles. The van der Waals surface area contributed by atoms with Crippen LogP contribution in [0.15, 0.2) is 150 Å². The summed E-state index contributed by atoms with van der Waals surface area (Å²) in [7, 11) is 0. The first-order valence-electron chi connectivity index (χ1n) is 15.6. The highest BCUT2D eigenvalue weighted by molar-refractivity contribution is 6.11. The molecule has 9 rings (SSSR count). The molecule has 0 N–H and O–H groups in total. The Bertz CT molecular complexity index is 2370. The number of nitrogens with zero attached hydrogens (tertiary/aromatic N) is 1. The maximum Gasteiger partial charge on any atom is 0.135 e. The van der Waals surface area contributed by atoms with Gasteiger partial charge in [-0.2, -0.15) is 0 Å². The predicted molar refractivity (Wildman–Crippen MR) is 185 cm³/mol. The van der Waals surface area contributed by atoms with E-state index in [1.165, 1.54) is 55.3 Å². The molecule has 2 nitrogen and oxygen atoms in total. The largest absolute Gasteiger partial charge is 0.456 e. The normalized spacial score (nSPS) is 16.5. The third-order valence-electron chi connectivity index (χ3n) is 9.32. The van der Waals surface area contributed by atoms with Crippen LogP contribution in [0.25, 0.3) is 66.1 Å². The first-order chi connectivity index (χ1) is 21.8. The van der Waals surface area contributed by atoms with E-state index in [1.807, 2.05) is 12.1 Å². The molecule has 0 radical (unpaired) electrons. The summed E-state index contributed by atoms with van der Waals surface area (Å²) in [4.78, 5) is 0. The van der Waals surface area contributed by atoms with Crippen LogP contribution in [0.1, 0.15) is 36.3 Å². The average molecular weight is 566 g/mol. The van der Waals surface area contributed by atoms with Crippen molar-refractivity contribution in [1.82, 2.24) is 4.57 Å². The van der Waals surface area contributed by atoms with Crippen molar-refractivity contribution in [3.8, 4) is 16.8 Å². The maximum absolute atomic E-state index is 6.11. The standard InChI is InChI=1S/C42H31NO/c1-3-11-28(12-4-1)32-23-33(29-13-5-2-6-14-29)25-34(24-32)43-39-17-9-7-15-35(39)37-26-30(19-21-40(37)43)31-20-22-42-38(27-31)36-16-8-10-18-41(36)44-42/h1,3-5,7-11,13-28H,2,6,12H2. The Morgan fingerprint density at radius 3 is 2.25 bits per heavy atom. The number of para-hydroxylation sites is 2. The van der Waals surface area contributed by atoms with Crippen molar-refractivity contribution in [2.75, 3.05) is 0 Å². The number of benzene rings is 5. The van der Waals surface area contributed by atoms with E-state index >= 15 is 0 Å². The fourth-order valence-corrected chi connectivity index (χ4v) is 7.14. The molecule has 0 saturated heterocycles. The van der Waals surface area contributed by atoms with Gasteiger partial charge in [-0.25, -0.2) is 0 Å². The number of aromatic nitrogens is 1. The number of allylic oxidation sites excluding steroid dienone is 8. The summed E-state index contributed by atoms with van der Waals surface area (Å²) in [6.07, 6.45) is 19.2. The molecule has 2 aliphatic carbocycles. The molecule has 0 fully saturated rings. The molecule has 0 amide bonds. The Morgan fingerprint density at radius 2 is 1.39 bits per heavy atom. The summed E-state index contributed by atoms with van der Waals surface area (Å²) in [5.74, 6) is 0.375. The van der Waals surface area contributed by atoms with Crippen molar-refractivity contribution in [3.05, 3.63) is 157 Å². The Balaban J connectivity index is 1.24. The molecule has 210 valence electrons. The minimum atomic E-state index is 0.375. The molecule has 7 aromatic rings. The first kappa shape index (κ1) is 25.2. The summed E-state index contributed by atoms with van der Waals surface area (Å²) in [6.45, 7) is 0. The van der Waals surface area contributed by atoms with E-state index in [1.54, 1.807) is 0 Å². The van der Waals surface area contributed by atoms with Crippen LogP contribution < -0.4 is 0 Å². The van der Waals surface area contributed by atoms with Gasteiger partial charge in [-0.1, -0.05) is 97.1 Å². The molecule has 2 heterocycles. The van der Waals surface area contributed by atoms with Crippen molar-refractivity contribution < 1.29 is 4.42 Å². The lowest BCUT2D eigenvalue weighted by molar-refractivity contribution is 0.669. The molecule has 1 atom stereocenters. The number of rotatable bonds is 4. The van der Waals surface area contributed by atoms with Crippen molar-refractivity contribution in [2.45, 2.75) is 25.2 Å². The molecule has 5 aromatic carbocycles. The quantitative estimate of drug-likeness (QED) is 0.208. The van der Waals surface area contributed by atoms with Crippen LogP contribution in [0.3, 0.4) is 0 Å². The van der Waals surface area contributed by atoms with E-state index in [4.69, 9.17) is 4.42 Å². The van der Waals surface area contributed by atoms with Gasteiger partial charge in [0.1, 0.15) is 11.2 Å². The van der Waals surface area contributed by atoms with Crippen LogP contribution in [-0.4, -0.2) is 4.57 Å². The SMILES string of the molecule is C1=CCC(c2cc(C3=CCCC=C3)cc(-n3c4ccccc4c4cc(-c5ccc6oc7ccccc7c6c5)ccc43)c2)C=C1. The summed E-state index contributed by atoms with van der Waals surface area (Å²) >= 11 is 0. The molecule has 0 aliphatic heterocycles. The zero-order chi connectivity index (χ0) is 29.0. The summed E-state index contributed by atoms with van der Waals surface area (Å²) in [5, 5.41) is 4.84. The topological polar surface area (TPSA) is 18.1 Å². The van der Waals surface area contributed by atoms with Crippen LogP contribution in [0.5, 0.6) is 0 Å². The summed E-state index contributed by atoms with van der Waals surface area (Å²) in [6, 6.07) is 37.8. The minimum absolute atomic E-state index is 0.375. The molecule has 0 spiro atoms. The third-order valence-corrected chi connectivity index (χ3v) is 9.32.